The van der Waals surface area contributed by atoms with Crippen molar-refractivity contribution in [1.82, 2.24) is 0 Å². The predicted molar refractivity (Wildman–Crippen MR) is 60.5 cm³/mol. The summed E-state index contributed by atoms with van der Waals surface area (Å²) in [6.07, 6.45) is 0.836. The highest BCUT2D eigenvalue weighted by atomic mass is 35.5. The molecule has 4 heteroatoms. The van der Waals surface area contributed by atoms with Crippen LogP contribution in [0.3, 0.4) is 0 Å². The largest absolute Gasteiger partial charge is 0.411 e. The van der Waals surface area contributed by atoms with Crippen LogP contribution < -0.4 is 0 Å². The SMILES string of the molecule is ON=C1CSC(c2ccc(Cl)cc2)C1. The highest BCUT2D eigenvalue weighted by Gasteiger charge is 2.22. The minimum Gasteiger partial charge on any atom is -0.411 e. The van der Waals surface area contributed by atoms with Crippen LogP contribution in [0.25, 0.3) is 0 Å². The first-order chi connectivity index (χ1) is 6.79. The molecule has 14 heavy (non-hydrogen) atoms. The number of thioether (sulfide) groups is 1. The summed E-state index contributed by atoms with van der Waals surface area (Å²) in [6.45, 7) is 0. The lowest BCUT2D eigenvalue weighted by Gasteiger charge is -2.07. The van der Waals surface area contributed by atoms with Gasteiger partial charge in [0.25, 0.3) is 0 Å². The first-order valence-electron chi connectivity index (χ1n) is 4.36. The molecule has 2 nitrogen and oxygen atoms in total. The summed E-state index contributed by atoms with van der Waals surface area (Å²) in [5, 5.41) is 13.1. The van der Waals surface area contributed by atoms with Crippen molar-refractivity contribution in [3.8, 4) is 0 Å². The van der Waals surface area contributed by atoms with Crippen molar-refractivity contribution in [2.24, 2.45) is 5.16 Å². The second-order valence-corrected chi connectivity index (χ2v) is 4.85. The molecule has 1 aliphatic rings. The quantitative estimate of drug-likeness (QED) is 0.590. The topological polar surface area (TPSA) is 32.6 Å². The summed E-state index contributed by atoms with van der Waals surface area (Å²) in [6, 6.07) is 7.84. The van der Waals surface area contributed by atoms with Gasteiger partial charge in [-0.05, 0) is 17.7 Å². The van der Waals surface area contributed by atoms with Gasteiger partial charge in [0.2, 0.25) is 0 Å². The normalized spacial score (nSPS) is 24.4. The number of hydrogen-bond acceptors (Lipinski definition) is 3. The molecule has 0 bridgehead atoms. The molecule has 1 N–H and O–H groups in total. The first kappa shape index (κ1) is 9.87. The van der Waals surface area contributed by atoms with Crippen LogP contribution >= 0.6 is 23.4 Å². The summed E-state index contributed by atoms with van der Waals surface area (Å²) < 4.78 is 0. The number of rotatable bonds is 1. The zero-order chi connectivity index (χ0) is 9.97. The molecule has 1 unspecified atom stereocenters. The van der Waals surface area contributed by atoms with Gasteiger partial charge >= 0.3 is 0 Å². The third kappa shape index (κ3) is 2.04. The van der Waals surface area contributed by atoms with Gasteiger partial charge in [0.1, 0.15) is 0 Å². The fraction of sp³-hybridized carbons (Fsp3) is 0.300. The van der Waals surface area contributed by atoms with Crippen molar-refractivity contribution >= 4 is 29.1 Å². The summed E-state index contributed by atoms with van der Waals surface area (Å²) in [5.74, 6) is 0.823. The van der Waals surface area contributed by atoms with Gasteiger partial charge in [-0.15, -0.1) is 11.8 Å². The standard InChI is InChI=1S/C10H10ClNOS/c11-8-3-1-7(2-4-8)10-5-9(12-13)6-14-10/h1-4,10,13H,5-6H2. The fourth-order valence-corrected chi connectivity index (χ4v) is 2.84. The lowest BCUT2D eigenvalue weighted by atomic mass is 10.1. The molecule has 1 aromatic rings. The smallest absolute Gasteiger partial charge is 0.0684 e. The van der Waals surface area contributed by atoms with E-state index in [9.17, 15) is 0 Å². The first-order valence-corrected chi connectivity index (χ1v) is 5.79. The molecule has 2 rings (SSSR count). The maximum Gasteiger partial charge on any atom is 0.0684 e. The van der Waals surface area contributed by atoms with E-state index in [4.69, 9.17) is 16.8 Å². The summed E-state index contributed by atoms with van der Waals surface area (Å²) in [7, 11) is 0. The van der Waals surface area contributed by atoms with Crippen molar-refractivity contribution in [2.75, 3.05) is 5.75 Å². The van der Waals surface area contributed by atoms with E-state index in [-0.39, 0.29) is 0 Å². The van der Waals surface area contributed by atoms with Gasteiger partial charge in [0, 0.05) is 22.4 Å². The average Bonchev–Trinajstić information content (AvgIpc) is 2.67. The van der Waals surface area contributed by atoms with E-state index in [1.807, 2.05) is 24.3 Å². The van der Waals surface area contributed by atoms with Gasteiger partial charge in [0.15, 0.2) is 0 Å². The Morgan fingerprint density at radius 2 is 2.07 bits per heavy atom. The number of hydrogen-bond donors (Lipinski definition) is 1. The molecular formula is C10H10ClNOS. The number of oxime groups is 1. The highest BCUT2D eigenvalue weighted by Crippen LogP contribution is 2.38. The Kier molecular flexibility index (Phi) is 2.99. The molecule has 1 aromatic carbocycles. The van der Waals surface area contributed by atoms with Crippen molar-refractivity contribution < 1.29 is 5.21 Å². The van der Waals surface area contributed by atoms with Gasteiger partial charge in [-0.1, -0.05) is 28.9 Å². The minimum absolute atomic E-state index is 0.415. The molecule has 1 saturated heterocycles. The Bertz CT molecular complexity index is 350. The van der Waals surface area contributed by atoms with E-state index >= 15 is 0 Å². The molecule has 0 amide bonds. The third-order valence-corrected chi connectivity index (χ3v) is 3.85. The molecule has 0 radical (unpaired) electrons. The van der Waals surface area contributed by atoms with Crippen LogP contribution in [0, 0.1) is 0 Å². The van der Waals surface area contributed by atoms with Crippen LogP contribution in [0.15, 0.2) is 29.4 Å². The second-order valence-electron chi connectivity index (χ2n) is 3.22. The van der Waals surface area contributed by atoms with E-state index in [2.05, 4.69) is 5.16 Å². The van der Waals surface area contributed by atoms with E-state index in [1.165, 1.54) is 5.56 Å². The van der Waals surface area contributed by atoms with Crippen LogP contribution in [0.4, 0.5) is 0 Å². The molecule has 1 aliphatic heterocycles. The molecule has 0 spiro atoms. The van der Waals surface area contributed by atoms with Crippen molar-refractivity contribution in [3.63, 3.8) is 0 Å². The van der Waals surface area contributed by atoms with Gasteiger partial charge in [0.05, 0.1) is 5.71 Å². The molecule has 0 saturated carbocycles. The zero-order valence-corrected chi connectivity index (χ0v) is 9.05. The molecule has 1 heterocycles. The van der Waals surface area contributed by atoms with Gasteiger partial charge in [-0.2, -0.15) is 0 Å². The van der Waals surface area contributed by atoms with Crippen LogP contribution in [0.2, 0.25) is 5.02 Å². The van der Waals surface area contributed by atoms with Gasteiger partial charge in [-0.25, -0.2) is 0 Å². The van der Waals surface area contributed by atoms with E-state index in [0.717, 1.165) is 22.9 Å². The van der Waals surface area contributed by atoms with E-state index < -0.39 is 0 Å². The predicted octanol–water partition coefficient (Wildman–Crippen LogP) is 3.35. The average molecular weight is 228 g/mol. The van der Waals surface area contributed by atoms with Crippen LogP contribution in [-0.4, -0.2) is 16.7 Å². The second kappa shape index (κ2) is 4.24. The lowest BCUT2D eigenvalue weighted by Crippen LogP contribution is -1.95. The highest BCUT2D eigenvalue weighted by molar-refractivity contribution is 8.00. The number of halogens is 1. The fourth-order valence-electron chi connectivity index (χ4n) is 1.49. The third-order valence-electron chi connectivity index (χ3n) is 2.26. The monoisotopic (exact) mass is 227 g/mol. The van der Waals surface area contributed by atoms with Crippen LogP contribution in [0.5, 0.6) is 0 Å². The van der Waals surface area contributed by atoms with Crippen molar-refractivity contribution in [2.45, 2.75) is 11.7 Å². The number of nitrogens with zero attached hydrogens (tertiary/aromatic N) is 1. The van der Waals surface area contributed by atoms with Crippen LogP contribution in [0.1, 0.15) is 17.2 Å². The van der Waals surface area contributed by atoms with E-state index in [1.54, 1.807) is 11.8 Å². The molecule has 1 fully saturated rings. The van der Waals surface area contributed by atoms with Crippen molar-refractivity contribution in [3.05, 3.63) is 34.9 Å². The zero-order valence-electron chi connectivity index (χ0n) is 7.48. The minimum atomic E-state index is 0.415. The van der Waals surface area contributed by atoms with Crippen molar-refractivity contribution in [1.29, 1.82) is 0 Å². The molecule has 0 aliphatic carbocycles. The maximum atomic E-state index is 8.63. The molecule has 0 aromatic heterocycles. The molecular weight excluding hydrogens is 218 g/mol. The maximum absolute atomic E-state index is 8.63. The molecule has 1 atom stereocenters. The summed E-state index contributed by atoms with van der Waals surface area (Å²) in [4.78, 5) is 0. The Labute approximate surface area is 92.0 Å². The Balaban J connectivity index is 2.13. The summed E-state index contributed by atoms with van der Waals surface area (Å²) >= 11 is 7.60. The molecule has 74 valence electrons. The lowest BCUT2D eigenvalue weighted by molar-refractivity contribution is 0.317. The van der Waals surface area contributed by atoms with Crippen LogP contribution in [-0.2, 0) is 0 Å². The van der Waals surface area contributed by atoms with E-state index in [0.29, 0.717) is 5.25 Å². The summed E-state index contributed by atoms with van der Waals surface area (Å²) in [5.41, 5.74) is 2.12. The van der Waals surface area contributed by atoms with Gasteiger partial charge in [-0.3, -0.25) is 0 Å². The van der Waals surface area contributed by atoms with Gasteiger partial charge < -0.3 is 5.21 Å². The number of benzene rings is 1. The Hall–Kier alpha value is -0.670. The Morgan fingerprint density at radius 3 is 2.64 bits per heavy atom. The Morgan fingerprint density at radius 1 is 1.36 bits per heavy atom.